The number of benzene rings is 1. The molecule has 16 heavy (non-hydrogen) atoms. The van der Waals surface area contributed by atoms with E-state index in [0.717, 1.165) is 19.7 Å². The Bertz CT molecular complexity index is 277. The average molecular weight is 222 g/mol. The van der Waals surface area contributed by atoms with Crippen LogP contribution in [0.25, 0.3) is 0 Å². The molecule has 0 radical (unpaired) electrons. The summed E-state index contributed by atoms with van der Waals surface area (Å²) in [5.41, 5.74) is 1.25. The minimum Gasteiger partial charge on any atom is -0.383 e. The van der Waals surface area contributed by atoms with Crippen molar-refractivity contribution in [2.75, 3.05) is 38.8 Å². The van der Waals surface area contributed by atoms with E-state index in [4.69, 9.17) is 4.74 Å². The van der Waals surface area contributed by atoms with E-state index < -0.39 is 0 Å². The van der Waals surface area contributed by atoms with Gasteiger partial charge in [0.25, 0.3) is 0 Å². The third kappa shape index (κ3) is 4.64. The lowest BCUT2D eigenvalue weighted by atomic mass is 10.2. The number of hydrogen-bond donors (Lipinski definition) is 1. The molecule has 0 aliphatic carbocycles. The molecular formula is C13H22N2O. The predicted molar refractivity (Wildman–Crippen MR) is 69.1 cm³/mol. The summed E-state index contributed by atoms with van der Waals surface area (Å²) in [6.45, 7) is 4.85. The first-order valence-electron chi connectivity index (χ1n) is 5.72. The fourth-order valence-electron chi connectivity index (χ4n) is 1.67. The zero-order valence-corrected chi connectivity index (χ0v) is 10.4. The highest BCUT2D eigenvalue weighted by Crippen LogP contribution is 2.10. The van der Waals surface area contributed by atoms with Gasteiger partial charge >= 0.3 is 0 Å². The molecule has 1 aromatic carbocycles. The van der Waals surface area contributed by atoms with Crippen molar-refractivity contribution >= 4 is 5.69 Å². The lowest BCUT2D eigenvalue weighted by Crippen LogP contribution is -2.38. The van der Waals surface area contributed by atoms with Crippen molar-refractivity contribution in [1.29, 1.82) is 0 Å². The van der Waals surface area contributed by atoms with Gasteiger partial charge in [-0.2, -0.15) is 0 Å². The first-order valence-corrected chi connectivity index (χ1v) is 5.72. The highest BCUT2D eigenvalue weighted by atomic mass is 16.5. The van der Waals surface area contributed by atoms with E-state index >= 15 is 0 Å². The first-order chi connectivity index (χ1) is 7.74. The minimum atomic E-state index is 0.459. The Labute approximate surface area is 98.4 Å². The molecule has 1 unspecified atom stereocenters. The van der Waals surface area contributed by atoms with Gasteiger partial charge in [-0.1, -0.05) is 18.2 Å². The second-order valence-corrected chi connectivity index (χ2v) is 4.06. The number of likely N-dealkylation sites (N-methyl/N-ethyl adjacent to an activating group) is 1. The number of rotatable bonds is 7. The number of anilines is 1. The van der Waals surface area contributed by atoms with Crippen LogP contribution in [0.4, 0.5) is 5.69 Å². The van der Waals surface area contributed by atoms with Crippen LogP contribution in [0, 0.1) is 0 Å². The molecule has 1 atom stereocenters. The molecule has 1 rings (SSSR count). The molecule has 0 spiro atoms. The second-order valence-electron chi connectivity index (χ2n) is 4.06. The van der Waals surface area contributed by atoms with Crippen LogP contribution >= 0.6 is 0 Å². The molecule has 90 valence electrons. The van der Waals surface area contributed by atoms with Crippen molar-refractivity contribution in [3.05, 3.63) is 30.3 Å². The largest absolute Gasteiger partial charge is 0.383 e. The van der Waals surface area contributed by atoms with Gasteiger partial charge in [0.05, 0.1) is 6.61 Å². The van der Waals surface area contributed by atoms with Crippen LogP contribution in [0.3, 0.4) is 0 Å². The summed E-state index contributed by atoms with van der Waals surface area (Å²) in [6.07, 6.45) is 0. The third-order valence-corrected chi connectivity index (χ3v) is 2.54. The van der Waals surface area contributed by atoms with E-state index in [2.05, 4.69) is 48.5 Å². The molecule has 0 amide bonds. The molecule has 1 aromatic rings. The molecule has 0 aliphatic heterocycles. The van der Waals surface area contributed by atoms with Gasteiger partial charge < -0.3 is 15.0 Å². The Morgan fingerprint density at radius 3 is 2.62 bits per heavy atom. The quantitative estimate of drug-likeness (QED) is 0.711. The maximum Gasteiger partial charge on any atom is 0.0587 e. The summed E-state index contributed by atoms with van der Waals surface area (Å²) < 4.78 is 5.01. The normalized spacial score (nSPS) is 12.4. The van der Waals surface area contributed by atoms with Crippen LogP contribution in [0.2, 0.25) is 0 Å². The average Bonchev–Trinajstić information content (AvgIpc) is 2.30. The summed E-state index contributed by atoms with van der Waals surface area (Å²) in [6, 6.07) is 10.9. The monoisotopic (exact) mass is 222 g/mol. The molecule has 3 heteroatoms. The van der Waals surface area contributed by atoms with Crippen LogP contribution < -0.4 is 10.2 Å². The summed E-state index contributed by atoms with van der Waals surface area (Å²) in [4.78, 5) is 2.25. The van der Waals surface area contributed by atoms with Crippen molar-refractivity contribution in [2.24, 2.45) is 0 Å². The SMILES string of the molecule is COCCNC(C)CN(C)c1ccccc1. The molecule has 0 saturated heterocycles. The first kappa shape index (κ1) is 13.0. The second kappa shape index (κ2) is 7.25. The lowest BCUT2D eigenvalue weighted by molar-refractivity contribution is 0.196. The lowest BCUT2D eigenvalue weighted by Gasteiger charge is -2.24. The van der Waals surface area contributed by atoms with Crippen molar-refractivity contribution < 1.29 is 4.74 Å². The summed E-state index contributed by atoms with van der Waals surface area (Å²) in [5.74, 6) is 0. The van der Waals surface area contributed by atoms with Crippen molar-refractivity contribution in [3.63, 3.8) is 0 Å². The number of ether oxygens (including phenoxy) is 1. The summed E-state index contributed by atoms with van der Waals surface area (Å²) in [5, 5.41) is 3.42. The molecule has 0 bridgehead atoms. The van der Waals surface area contributed by atoms with E-state index in [1.165, 1.54) is 5.69 Å². The van der Waals surface area contributed by atoms with Gasteiger partial charge in [0.2, 0.25) is 0 Å². The zero-order chi connectivity index (χ0) is 11.8. The molecular weight excluding hydrogens is 200 g/mol. The van der Waals surface area contributed by atoms with Crippen LogP contribution in [0.1, 0.15) is 6.92 Å². The highest BCUT2D eigenvalue weighted by molar-refractivity contribution is 5.45. The van der Waals surface area contributed by atoms with Crippen LogP contribution in [0.15, 0.2) is 30.3 Å². The van der Waals surface area contributed by atoms with E-state index in [-0.39, 0.29) is 0 Å². The standard InChI is InChI=1S/C13H22N2O/c1-12(14-9-10-16-3)11-15(2)13-7-5-4-6-8-13/h4-8,12,14H,9-11H2,1-3H3. The molecule has 1 N–H and O–H groups in total. The van der Waals surface area contributed by atoms with Gasteiger partial charge in [-0.05, 0) is 19.1 Å². The Hall–Kier alpha value is -1.06. The molecule has 0 aliphatic rings. The van der Waals surface area contributed by atoms with Crippen molar-refractivity contribution in [3.8, 4) is 0 Å². The fraction of sp³-hybridized carbons (Fsp3) is 0.538. The van der Waals surface area contributed by atoms with Crippen LogP contribution in [-0.4, -0.2) is 39.9 Å². The van der Waals surface area contributed by atoms with E-state index in [9.17, 15) is 0 Å². The predicted octanol–water partition coefficient (Wildman–Crippen LogP) is 1.75. The van der Waals surface area contributed by atoms with Gasteiger partial charge in [-0.3, -0.25) is 0 Å². The van der Waals surface area contributed by atoms with Crippen LogP contribution in [0.5, 0.6) is 0 Å². The third-order valence-electron chi connectivity index (χ3n) is 2.54. The number of nitrogens with zero attached hydrogens (tertiary/aromatic N) is 1. The minimum absolute atomic E-state index is 0.459. The number of nitrogens with one attached hydrogen (secondary N) is 1. The fourth-order valence-corrected chi connectivity index (χ4v) is 1.67. The highest BCUT2D eigenvalue weighted by Gasteiger charge is 2.05. The van der Waals surface area contributed by atoms with Gasteiger partial charge in [0.15, 0.2) is 0 Å². The Morgan fingerprint density at radius 1 is 1.31 bits per heavy atom. The van der Waals surface area contributed by atoms with Gasteiger partial charge in [-0.25, -0.2) is 0 Å². The van der Waals surface area contributed by atoms with E-state index in [1.807, 2.05) is 6.07 Å². The molecule has 0 aromatic heterocycles. The number of methoxy groups -OCH3 is 1. The molecule has 0 fully saturated rings. The Balaban J connectivity index is 2.31. The van der Waals surface area contributed by atoms with Crippen molar-refractivity contribution in [1.82, 2.24) is 5.32 Å². The summed E-state index contributed by atoms with van der Waals surface area (Å²) in [7, 11) is 3.84. The topological polar surface area (TPSA) is 24.5 Å². The smallest absolute Gasteiger partial charge is 0.0587 e. The molecule has 3 nitrogen and oxygen atoms in total. The van der Waals surface area contributed by atoms with E-state index in [0.29, 0.717) is 6.04 Å². The summed E-state index contributed by atoms with van der Waals surface area (Å²) >= 11 is 0. The molecule has 0 saturated carbocycles. The van der Waals surface area contributed by atoms with E-state index in [1.54, 1.807) is 7.11 Å². The number of para-hydroxylation sites is 1. The maximum absolute atomic E-state index is 5.01. The van der Waals surface area contributed by atoms with Gasteiger partial charge in [0, 0.05) is 39.0 Å². The van der Waals surface area contributed by atoms with Gasteiger partial charge in [0.1, 0.15) is 0 Å². The van der Waals surface area contributed by atoms with Crippen molar-refractivity contribution in [2.45, 2.75) is 13.0 Å². The Morgan fingerprint density at radius 2 is 2.00 bits per heavy atom. The van der Waals surface area contributed by atoms with Crippen LogP contribution in [-0.2, 0) is 4.74 Å². The Kier molecular flexibility index (Phi) is 5.90. The number of hydrogen-bond acceptors (Lipinski definition) is 3. The molecule has 0 heterocycles. The van der Waals surface area contributed by atoms with Gasteiger partial charge in [-0.15, -0.1) is 0 Å². The zero-order valence-electron chi connectivity index (χ0n) is 10.4. The maximum atomic E-state index is 5.01.